The molecule has 184 valence electrons. The molecule has 2 aromatic heterocycles. The van der Waals surface area contributed by atoms with Gasteiger partial charge < -0.3 is 0 Å². The molecule has 4 aromatic carbocycles. The van der Waals surface area contributed by atoms with Crippen molar-refractivity contribution in [3.63, 3.8) is 0 Å². The van der Waals surface area contributed by atoms with Crippen molar-refractivity contribution in [1.82, 2.24) is 9.97 Å². The summed E-state index contributed by atoms with van der Waals surface area (Å²) in [5.74, 6) is 0.728. The lowest BCUT2D eigenvalue weighted by Crippen LogP contribution is -1.97. The quantitative estimate of drug-likeness (QED) is 0.231. The average molecular weight is 509 g/mol. The van der Waals surface area contributed by atoms with Gasteiger partial charge in [0.2, 0.25) is 0 Å². The molecule has 0 saturated carbocycles. The summed E-state index contributed by atoms with van der Waals surface area (Å²) in [7, 11) is 0. The first-order chi connectivity index (χ1) is 18.6. The Bertz CT molecular complexity index is 1720. The third-order valence-electron chi connectivity index (χ3n) is 7.05. The number of fused-ring (bicyclic) bond motifs is 1. The van der Waals surface area contributed by atoms with Crippen LogP contribution in [-0.2, 0) is 0 Å². The molecule has 0 aliphatic heterocycles. The molecule has 6 rings (SSSR count). The zero-order valence-corrected chi connectivity index (χ0v) is 22.6. The smallest absolute Gasteiger partial charge is 0.160 e. The van der Waals surface area contributed by atoms with Gasteiger partial charge in [0.25, 0.3) is 0 Å². The number of benzene rings is 4. The molecule has 2 nitrogen and oxygen atoms in total. The van der Waals surface area contributed by atoms with E-state index in [0.29, 0.717) is 0 Å². The minimum atomic E-state index is 0.728. The summed E-state index contributed by atoms with van der Waals surface area (Å²) in [6.07, 6.45) is 2.16. The van der Waals surface area contributed by atoms with Gasteiger partial charge in [-0.1, -0.05) is 84.9 Å². The van der Waals surface area contributed by atoms with Crippen LogP contribution in [-0.4, -0.2) is 9.97 Å². The van der Waals surface area contributed by atoms with Gasteiger partial charge in [0.1, 0.15) is 0 Å². The molecule has 38 heavy (non-hydrogen) atoms. The Morgan fingerprint density at radius 2 is 1.32 bits per heavy atom. The van der Waals surface area contributed by atoms with Crippen molar-refractivity contribution in [1.29, 1.82) is 0 Å². The number of nitrogens with zero attached hydrogens (tertiary/aromatic N) is 2. The summed E-state index contributed by atoms with van der Waals surface area (Å²) in [6, 6.07) is 36.1. The van der Waals surface area contributed by atoms with E-state index in [1.165, 1.54) is 37.9 Å². The van der Waals surface area contributed by atoms with E-state index < -0.39 is 0 Å². The summed E-state index contributed by atoms with van der Waals surface area (Å²) in [6.45, 7) is 6.43. The van der Waals surface area contributed by atoms with Gasteiger partial charge in [0.05, 0.1) is 11.4 Å². The molecular formula is C35H28N2S. The first-order valence-electron chi connectivity index (χ1n) is 12.9. The van der Waals surface area contributed by atoms with E-state index >= 15 is 0 Å². The number of rotatable bonds is 5. The second kappa shape index (κ2) is 10.2. The molecule has 0 fully saturated rings. The van der Waals surface area contributed by atoms with Gasteiger partial charge in [-0.2, -0.15) is 0 Å². The highest BCUT2D eigenvalue weighted by molar-refractivity contribution is 7.18. The van der Waals surface area contributed by atoms with Crippen molar-refractivity contribution in [2.24, 2.45) is 0 Å². The summed E-state index contributed by atoms with van der Waals surface area (Å²) in [5.41, 5.74) is 11.2. The van der Waals surface area contributed by atoms with E-state index in [0.717, 1.165) is 33.9 Å². The second-order valence-electron chi connectivity index (χ2n) is 9.57. The van der Waals surface area contributed by atoms with E-state index in [9.17, 15) is 0 Å². The molecule has 0 bridgehead atoms. The molecule has 0 N–H and O–H groups in total. The van der Waals surface area contributed by atoms with Crippen molar-refractivity contribution in [3.8, 4) is 45.0 Å². The summed E-state index contributed by atoms with van der Waals surface area (Å²) < 4.78 is 1.31. The van der Waals surface area contributed by atoms with E-state index in [2.05, 4.69) is 123 Å². The van der Waals surface area contributed by atoms with Crippen molar-refractivity contribution >= 4 is 27.0 Å². The topological polar surface area (TPSA) is 25.8 Å². The Balaban J connectivity index is 1.60. The van der Waals surface area contributed by atoms with Crippen LogP contribution < -0.4 is 0 Å². The van der Waals surface area contributed by atoms with E-state index in [-0.39, 0.29) is 0 Å². The highest BCUT2D eigenvalue weighted by atomic mass is 32.1. The third kappa shape index (κ3) is 4.57. The number of thiophene rings is 1. The van der Waals surface area contributed by atoms with Crippen molar-refractivity contribution < 1.29 is 0 Å². The molecular weight excluding hydrogens is 480 g/mol. The van der Waals surface area contributed by atoms with Crippen LogP contribution in [0.5, 0.6) is 0 Å². The molecule has 0 unspecified atom stereocenters. The normalized spacial score (nSPS) is 11.7. The van der Waals surface area contributed by atoms with Gasteiger partial charge >= 0.3 is 0 Å². The van der Waals surface area contributed by atoms with Crippen LogP contribution in [0.1, 0.15) is 25.0 Å². The summed E-state index contributed by atoms with van der Waals surface area (Å²) in [4.78, 5) is 10.2. The molecule has 6 aromatic rings. The maximum Gasteiger partial charge on any atom is 0.160 e. The molecule has 0 amide bonds. The van der Waals surface area contributed by atoms with Gasteiger partial charge in [-0.3, -0.25) is 0 Å². The van der Waals surface area contributed by atoms with Gasteiger partial charge in [-0.15, -0.1) is 11.3 Å². The van der Waals surface area contributed by atoms with E-state index in [1.807, 2.05) is 23.5 Å². The lowest BCUT2D eigenvalue weighted by molar-refractivity contribution is 1.18. The minimum Gasteiger partial charge on any atom is -0.228 e. The Labute approximate surface area is 228 Å². The molecule has 0 aliphatic rings. The van der Waals surface area contributed by atoms with E-state index in [4.69, 9.17) is 9.97 Å². The van der Waals surface area contributed by atoms with Crippen LogP contribution in [0.3, 0.4) is 0 Å². The van der Waals surface area contributed by atoms with Gasteiger partial charge in [0, 0.05) is 21.4 Å². The fourth-order valence-electron chi connectivity index (χ4n) is 4.81. The molecule has 2 heterocycles. The van der Waals surface area contributed by atoms with Crippen LogP contribution >= 0.6 is 11.3 Å². The predicted molar refractivity (Wildman–Crippen MR) is 163 cm³/mol. The fourth-order valence-corrected chi connectivity index (χ4v) is 5.90. The molecule has 0 atom stereocenters. The Morgan fingerprint density at radius 3 is 1.95 bits per heavy atom. The minimum absolute atomic E-state index is 0.728. The van der Waals surface area contributed by atoms with Gasteiger partial charge in [-0.25, -0.2) is 9.97 Å². The van der Waals surface area contributed by atoms with Crippen LogP contribution in [0, 0.1) is 6.92 Å². The third-order valence-corrected chi connectivity index (χ3v) is 8.20. The van der Waals surface area contributed by atoms with Gasteiger partial charge in [0.15, 0.2) is 5.82 Å². The first-order valence-corrected chi connectivity index (χ1v) is 13.7. The maximum absolute atomic E-state index is 5.10. The predicted octanol–water partition coefficient (Wildman–Crippen LogP) is 10.1. The lowest BCUT2D eigenvalue weighted by Gasteiger charge is -2.13. The monoisotopic (exact) mass is 508 g/mol. The van der Waals surface area contributed by atoms with Crippen LogP contribution in [0.2, 0.25) is 0 Å². The van der Waals surface area contributed by atoms with Crippen LogP contribution in [0.15, 0.2) is 115 Å². The van der Waals surface area contributed by atoms with Crippen LogP contribution in [0.25, 0.3) is 60.7 Å². The fraction of sp³-hybridized carbons (Fsp3) is 0.0857. The number of hydrogen-bond donors (Lipinski definition) is 0. The molecule has 0 aliphatic carbocycles. The molecule has 0 radical (unpaired) electrons. The number of hydrogen-bond acceptors (Lipinski definition) is 3. The highest BCUT2D eigenvalue weighted by Crippen LogP contribution is 2.38. The highest BCUT2D eigenvalue weighted by Gasteiger charge is 2.15. The van der Waals surface area contributed by atoms with Crippen molar-refractivity contribution in [2.45, 2.75) is 20.8 Å². The number of allylic oxidation sites excluding steroid dienone is 2. The van der Waals surface area contributed by atoms with Crippen molar-refractivity contribution in [2.75, 3.05) is 0 Å². The average Bonchev–Trinajstić information content (AvgIpc) is 3.37. The number of aryl methyl sites for hydroxylation is 1. The largest absolute Gasteiger partial charge is 0.228 e. The first kappa shape index (κ1) is 24.0. The molecule has 0 saturated heterocycles. The Morgan fingerprint density at radius 1 is 0.684 bits per heavy atom. The van der Waals surface area contributed by atoms with Gasteiger partial charge in [-0.05, 0) is 83.6 Å². The number of aromatic nitrogens is 2. The Hall–Kier alpha value is -4.34. The summed E-state index contributed by atoms with van der Waals surface area (Å²) >= 11 is 1.81. The standard InChI is InChI=1S/C35H28N2S/c1-4-23(2)27-18-28(31-17-11-16-30-24(3)22-38-34(30)31)20-29(19-27)35-36-32(25-12-7-5-8-13-25)21-33(37-35)26-14-9-6-10-15-26/h4-22H,1-3H3/b23-4+. The zero-order chi connectivity index (χ0) is 26.1. The SMILES string of the molecule is C/C=C(\C)c1cc(-c2nc(-c3ccccc3)cc(-c3ccccc3)n2)cc(-c2cccc3c(C)csc23)c1. The zero-order valence-electron chi connectivity index (χ0n) is 21.8. The maximum atomic E-state index is 5.10. The summed E-state index contributed by atoms with van der Waals surface area (Å²) in [5, 5.41) is 3.56. The van der Waals surface area contributed by atoms with Crippen molar-refractivity contribution in [3.05, 3.63) is 126 Å². The molecule has 3 heteroatoms. The second-order valence-corrected chi connectivity index (χ2v) is 10.4. The lowest BCUT2D eigenvalue weighted by atomic mass is 9.95. The van der Waals surface area contributed by atoms with Crippen LogP contribution in [0.4, 0.5) is 0 Å². The molecule has 0 spiro atoms. The van der Waals surface area contributed by atoms with E-state index in [1.54, 1.807) is 0 Å². The Kier molecular flexibility index (Phi) is 6.45.